The summed E-state index contributed by atoms with van der Waals surface area (Å²) in [5, 5.41) is 23.6. The van der Waals surface area contributed by atoms with E-state index in [2.05, 4.69) is 10.1 Å². The zero-order valence-corrected chi connectivity index (χ0v) is 9.27. The van der Waals surface area contributed by atoms with Gasteiger partial charge in [0.2, 0.25) is 0 Å². The number of aryl methyl sites for hydroxylation is 1. The van der Waals surface area contributed by atoms with Crippen molar-refractivity contribution < 1.29 is 14.8 Å². The Balaban J connectivity index is 2.60. The molecule has 0 aromatic carbocycles. The van der Waals surface area contributed by atoms with Gasteiger partial charge in [0.25, 0.3) is 5.69 Å². The molecule has 18 heavy (non-hydrogen) atoms. The van der Waals surface area contributed by atoms with Crippen LogP contribution >= 0.6 is 0 Å². The predicted molar refractivity (Wildman–Crippen MR) is 59.7 cm³/mol. The van der Waals surface area contributed by atoms with Crippen LogP contribution in [-0.4, -0.2) is 30.8 Å². The molecule has 0 saturated heterocycles. The summed E-state index contributed by atoms with van der Waals surface area (Å²) in [4.78, 5) is 24.7. The van der Waals surface area contributed by atoms with Gasteiger partial charge >= 0.3 is 5.97 Å². The topological polar surface area (TPSA) is 111 Å². The molecule has 0 fully saturated rings. The fourth-order valence-electron chi connectivity index (χ4n) is 1.42. The van der Waals surface area contributed by atoms with Gasteiger partial charge in [0.1, 0.15) is 11.8 Å². The van der Waals surface area contributed by atoms with E-state index in [0.29, 0.717) is 5.69 Å². The molecule has 0 aliphatic carbocycles. The molecule has 1 N–H and O–H groups in total. The van der Waals surface area contributed by atoms with E-state index in [1.807, 2.05) is 0 Å². The molecule has 8 nitrogen and oxygen atoms in total. The number of hydrogen-bond donors (Lipinski definition) is 1. The van der Waals surface area contributed by atoms with Gasteiger partial charge in [0.05, 0.1) is 10.6 Å². The van der Waals surface area contributed by atoms with E-state index in [4.69, 9.17) is 5.11 Å². The highest BCUT2D eigenvalue weighted by atomic mass is 16.6. The fourth-order valence-corrected chi connectivity index (χ4v) is 1.42. The van der Waals surface area contributed by atoms with Crippen LogP contribution in [0.1, 0.15) is 16.1 Å². The van der Waals surface area contributed by atoms with Crippen molar-refractivity contribution in [3.05, 3.63) is 45.9 Å². The molecule has 2 rings (SSSR count). The molecule has 2 aromatic heterocycles. The van der Waals surface area contributed by atoms with E-state index in [1.165, 1.54) is 10.9 Å². The van der Waals surface area contributed by atoms with Crippen molar-refractivity contribution in [2.24, 2.45) is 0 Å². The highest BCUT2D eigenvalue weighted by molar-refractivity contribution is 5.91. The van der Waals surface area contributed by atoms with E-state index in [0.717, 1.165) is 12.3 Å². The first-order valence-electron chi connectivity index (χ1n) is 4.89. The number of aromatic carboxylic acids is 1. The first kappa shape index (κ1) is 11.7. The predicted octanol–water partition coefficient (Wildman–Crippen LogP) is 1.18. The van der Waals surface area contributed by atoms with Crippen molar-refractivity contribution in [3.63, 3.8) is 0 Å². The second-order valence-electron chi connectivity index (χ2n) is 3.53. The monoisotopic (exact) mass is 248 g/mol. The van der Waals surface area contributed by atoms with E-state index in [1.54, 1.807) is 13.0 Å². The minimum atomic E-state index is -1.30. The van der Waals surface area contributed by atoms with Crippen LogP contribution in [0.2, 0.25) is 0 Å². The third-order valence-electron chi connectivity index (χ3n) is 2.23. The normalized spacial score (nSPS) is 10.3. The number of hydrogen-bond acceptors (Lipinski definition) is 5. The van der Waals surface area contributed by atoms with Crippen LogP contribution in [0.25, 0.3) is 5.82 Å². The number of carboxylic acids is 1. The third-order valence-corrected chi connectivity index (χ3v) is 2.23. The molecule has 0 bridgehead atoms. The van der Waals surface area contributed by atoms with Crippen molar-refractivity contribution in [2.45, 2.75) is 6.92 Å². The molecular weight excluding hydrogens is 240 g/mol. The maximum atomic E-state index is 11.1. The summed E-state index contributed by atoms with van der Waals surface area (Å²) in [7, 11) is 0. The summed E-state index contributed by atoms with van der Waals surface area (Å²) >= 11 is 0. The van der Waals surface area contributed by atoms with E-state index in [-0.39, 0.29) is 17.1 Å². The summed E-state index contributed by atoms with van der Waals surface area (Å²) in [6, 6.07) is 2.64. The Hall–Kier alpha value is -2.77. The molecule has 92 valence electrons. The Morgan fingerprint density at radius 1 is 1.56 bits per heavy atom. The van der Waals surface area contributed by atoms with Gasteiger partial charge < -0.3 is 5.11 Å². The van der Waals surface area contributed by atoms with Gasteiger partial charge in [0, 0.05) is 12.3 Å². The number of rotatable bonds is 3. The van der Waals surface area contributed by atoms with Gasteiger partial charge in [-0.25, -0.2) is 14.5 Å². The number of aromatic nitrogens is 3. The van der Waals surface area contributed by atoms with Crippen LogP contribution in [0.4, 0.5) is 5.69 Å². The van der Waals surface area contributed by atoms with Crippen LogP contribution in [0.15, 0.2) is 24.5 Å². The Labute approximate surface area is 101 Å². The van der Waals surface area contributed by atoms with E-state index >= 15 is 0 Å². The highest BCUT2D eigenvalue weighted by Gasteiger charge is 2.19. The minimum absolute atomic E-state index is 0.0428. The molecule has 0 aliphatic rings. The van der Waals surface area contributed by atoms with Crippen molar-refractivity contribution in [3.8, 4) is 5.82 Å². The second kappa shape index (κ2) is 4.24. The summed E-state index contributed by atoms with van der Waals surface area (Å²) in [5.74, 6) is -1.25. The van der Waals surface area contributed by atoms with Gasteiger partial charge in [-0.05, 0) is 13.0 Å². The maximum absolute atomic E-state index is 11.1. The van der Waals surface area contributed by atoms with Crippen LogP contribution in [0.3, 0.4) is 0 Å². The summed E-state index contributed by atoms with van der Waals surface area (Å²) in [6.45, 7) is 1.74. The zero-order chi connectivity index (χ0) is 13.3. The number of carboxylic acid groups (broad SMARTS) is 1. The quantitative estimate of drug-likeness (QED) is 0.644. The molecule has 2 aromatic rings. The molecule has 2 heterocycles. The Morgan fingerprint density at radius 3 is 2.78 bits per heavy atom. The molecule has 0 atom stereocenters. The Kier molecular flexibility index (Phi) is 2.76. The lowest BCUT2D eigenvalue weighted by atomic mass is 10.2. The molecule has 0 saturated carbocycles. The van der Waals surface area contributed by atoms with Gasteiger partial charge in [0.15, 0.2) is 5.82 Å². The number of pyridine rings is 1. The maximum Gasteiger partial charge on any atom is 0.339 e. The van der Waals surface area contributed by atoms with Gasteiger partial charge in [-0.2, -0.15) is 5.10 Å². The lowest BCUT2D eigenvalue weighted by Crippen LogP contribution is -2.09. The lowest BCUT2D eigenvalue weighted by molar-refractivity contribution is -0.385. The zero-order valence-electron chi connectivity index (χ0n) is 9.27. The molecular formula is C10H8N4O4. The van der Waals surface area contributed by atoms with Crippen LogP contribution in [0, 0.1) is 17.0 Å². The average molecular weight is 248 g/mol. The smallest absolute Gasteiger partial charge is 0.339 e. The summed E-state index contributed by atoms with van der Waals surface area (Å²) in [5.41, 5.74) is 0.0406. The van der Waals surface area contributed by atoms with Crippen LogP contribution < -0.4 is 0 Å². The first-order chi connectivity index (χ1) is 8.49. The van der Waals surface area contributed by atoms with Crippen molar-refractivity contribution in [1.82, 2.24) is 14.8 Å². The van der Waals surface area contributed by atoms with Crippen molar-refractivity contribution in [2.75, 3.05) is 0 Å². The van der Waals surface area contributed by atoms with E-state index < -0.39 is 10.9 Å². The molecule has 0 spiro atoms. The number of nitrogens with zero attached hydrogens (tertiary/aromatic N) is 4. The van der Waals surface area contributed by atoms with Crippen LogP contribution in [-0.2, 0) is 0 Å². The second-order valence-corrected chi connectivity index (χ2v) is 3.53. The van der Waals surface area contributed by atoms with Crippen molar-refractivity contribution >= 4 is 11.7 Å². The standard InChI is InChI=1S/C10H8N4O4/c1-6-2-3-13(12-6)9-8(10(15)16)4-7(5-11-9)14(17)18/h2-5H,1H3,(H,15,16). The van der Waals surface area contributed by atoms with Gasteiger partial charge in [-0.3, -0.25) is 10.1 Å². The lowest BCUT2D eigenvalue weighted by Gasteiger charge is -2.04. The van der Waals surface area contributed by atoms with Crippen molar-refractivity contribution in [1.29, 1.82) is 0 Å². The average Bonchev–Trinajstić information content (AvgIpc) is 2.74. The minimum Gasteiger partial charge on any atom is -0.478 e. The Bertz CT molecular complexity index is 635. The summed E-state index contributed by atoms with van der Waals surface area (Å²) in [6.07, 6.45) is 2.54. The number of carbonyl (C=O) groups is 1. The largest absolute Gasteiger partial charge is 0.478 e. The van der Waals surface area contributed by atoms with Gasteiger partial charge in [-0.1, -0.05) is 0 Å². The van der Waals surface area contributed by atoms with E-state index in [9.17, 15) is 14.9 Å². The highest BCUT2D eigenvalue weighted by Crippen LogP contribution is 2.18. The Morgan fingerprint density at radius 2 is 2.28 bits per heavy atom. The third kappa shape index (κ3) is 2.03. The summed E-state index contributed by atoms with van der Waals surface area (Å²) < 4.78 is 1.27. The van der Waals surface area contributed by atoms with Crippen LogP contribution in [0.5, 0.6) is 0 Å². The molecule has 0 aliphatic heterocycles. The molecule has 0 radical (unpaired) electrons. The fraction of sp³-hybridized carbons (Fsp3) is 0.100. The number of nitro groups is 1. The molecule has 8 heteroatoms. The molecule has 0 unspecified atom stereocenters. The van der Waals surface area contributed by atoms with Gasteiger partial charge in [-0.15, -0.1) is 0 Å². The first-order valence-corrected chi connectivity index (χ1v) is 4.89. The molecule has 0 amide bonds. The SMILES string of the molecule is Cc1ccn(-c2ncc([N+](=O)[O-])cc2C(=O)O)n1.